The van der Waals surface area contributed by atoms with Crippen molar-refractivity contribution < 1.29 is 27.4 Å². The standard InChI is InChI=1S/C16H24N2O6S/c1-4-24-16(19)17-6-8-25(20,21)18-7-5-12-9-14(22-2)15(23-3)10-13(12)11-18/h9-10H,4-8,11H2,1-3H3,(H,17,19). The van der Waals surface area contributed by atoms with E-state index in [9.17, 15) is 13.2 Å². The molecule has 0 atom stereocenters. The highest BCUT2D eigenvalue weighted by Crippen LogP contribution is 2.33. The van der Waals surface area contributed by atoms with Crippen molar-refractivity contribution in [2.75, 3.05) is 39.7 Å². The van der Waals surface area contributed by atoms with Crippen LogP contribution in [0.25, 0.3) is 0 Å². The molecule has 0 saturated heterocycles. The molecule has 25 heavy (non-hydrogen) atoms. The smallest absolute Gasteiger partial charge is 0.407 e. The molecule has 0 bridgehead atoms. The number of carbonyl (C=O) groups is 1. The maximum absolute atomic E-state index is 12.5. The van der Waals surface area contributed by atoms with E-state index >= 15 is 0 Å². The van der Waals surface area contributed by atoms with Gasteiger partial charge in [0.2, 0.25) is 10.0 Å². The average molecular weight is 372 g/mol. The largest absolute Gasteiger partial charge is 0.493 e. The minimum atomic E-state index is -3.48. The topological polar surface area (TPSA) is 94.2 Å². The van der Waals surface area contributed by atoms with Gasteiger partial charge in [-0.3, -0.25) is 0 Å². The number of hydrogen-bond acceptors (Lipinski definition) is 6. The molecule has 140 valence electrons. The number of carbonyl (C=O) groups excluding carboxylic acids is 1. The lowest BCUT2D eigenvalue weighted by Crippen LogP contribution is -2.40. The third kappa shape index (κ3) is 4.76. The van der Waals surface area contributed by atoms with Crippen LogP contribution in [0.1, 0.15) is 18.1 Å². The zero-order valence-electron chi connectivity index (χ0n) is 14.7. The summed E-state index contributed by atoms with van der Waals surface area (Å²) in [6.45, 7) is 2.61. The highest BCUT2D eigenvalue weighted by atomic mass is 32.2. The highest BCUT2D eigenvalue weighted by Gasteiger charge is 2.27. The average Bonchev–Trinajstić information content (AvgIpc) is 2.60. The molecule has 0 radical (unpaired) electrons. The van der Waals surface area contributed by atoms with Gasteiger partial charge in [0, 0.05) is 19.6 Å². The van der Waals surface area contributed by atoms with Crippen LogP contribution in [0, 0.1) is 0 Å². The lowest BCUT2D eigenvalue weighted by atomic mass is 10.0. The molecule has 0 spiro atoms. The highest BCUT2D eigenvalue weighted by molar-refractivity contribution is 7.89. The summed E-state index contributed by atoms with van der Waals surface area (Å²) in [6, 6.07) is 3.70. The molecule has 0 saturated carbocycles. The lowest BCUT2D eigenvalue weighted by Gasteiger charge is -2.29. The van der Waals surface area contributed by atoms with Gasteiger partial charge in [-0.15, -0.1) is 0 Å². The van der Waals surface area contributed by atoms with Crippen LogP contribution in [-0.4, -0.2) is 58.5 Å². The molecule has 1 aliphatic rings. The van der Waals surface area contributed by atoms with E-state index in [2.05, 4.69) is 5.32 Å². The van der Waals surface area contributed by atoms with Gasteiger partial charge in [0.25, 0.3) is 0 Å². The first-order valence-electron chi connectivity index (χ1n) is 8.03. The number of nitrogens with one attached hydrogen (secondary N) is 1. The summed E-state index contributed by atoms with van der Waals surface area (Å²) in [4.78, 5) is 11.2. The fourth-order valence-corrected chi connectivity index (χ4v) is 4.01. The van der Waals surface area contributed by atoms with Crippen LogP contribution < -0.4 is 14.8 Å². The number of amides is 1. The van der Waals surface area contributed by atoms with Gasteiger partial charge in [0.05, 0.1) is 26.6 Å². The fourth-order valence-electron chi connectivity index (χ4n) is 2.69. The molecule has 2 rings (SSSR count). The van der Waals surface area contributed by atoms with E-state index in [1.54, 1.807) is 21.1 Å². The van der Waals surface area contributed by atoms with E-state index in [0.717, 1.165) is 11.1 Å². The van der Waals surface area contributed by atoms with Crippen molar-refractivity contribution in [2.24, 2.45) is 0 Å². The fraction of sp³-hybridized carbons (Fsp3) is 0.562. The van der Waals surface area contributed by atoms with E-state index in [1.165, 1.54) is 4.31 Å². The first kappa shape index (κ1) is 19.3. The summed E-state index contributed by atoms with van der Waals surface area (Å²) >= 11 is 0. The zero-order chi connectivity index (χ0) is 18.4. The second-order valence-corrected chi connectivity index (χ2v) is 7.61. The van der Waals surface area contributed by atoms with Gasteiger partial charge in [-0.2, -0.15) is 4.31 Å². The van der Waals surface area contributed by atoms with E-state index in [4.69, 9.17) is 14.2 Å². The Morgan fingerprint density at radius 2 is 1.84 bits per heavy atom. The summed E-state index contributed by atoms with van der Waals surface area (Å²) in [5.74, 6) is 1.04. The molecular weight excluding hydrogens is 348 g/mol. The van der Waals surface area contributed by atoms with E-state index < -0.39 is 16.1 Å². The maximum Gasteiger partial charge on any atom is 0.407 e. The summed E-state index contributed by atoms with van der Waals surface area (Å²) in [5, 5.41) is 2.43. The summed E-state index contributed by atoms with van der Waals surface area (Å²) < 4.78 is 41.7. The van der Waals surface area contributed by atoms with Crippen LogP contribution in [0.15, 0.2) is 12.1 Å². The van der Waals surface area contributed by atoms with Crippen molar-refractivity contribution in [2.45, 2.75) is 19.9 Å². The summed E-state index contributed by atoms with van der Waals surface area (Å²) in [6.07, 6.45) is -0.0150. The van der Waals surface area contributed by atoms with Crippen LogP contribution in [-0.2, 0) is 27.7 Å². The van der Waals surface area contributed by atoms with E-state index in [1.807, 2.05) is 12.1 Å². The molecule has 8 nitrogen and oxygen atoms in total. The Bertz CT molecular complexity index is 720. The van der Waals surface area contributed by atoms with Gasteiger partial charge in [-0.1, -0.05) is 0 Å². The minimum absolute atomic E-state index is 0.0104. The third-order valence-corrected chi connectivity index (χ3v) is 5.80. The molecular formula is C16H24N2O6S. The van der Waals surface area contributed by atoms with E-state index in [0.29, 0.717) is 24.5 Å². The predicted octanol–water partition coefficient (Wildman–Crippen LogP) is 1.14. The van der Waals surface area contributed by atoms with E-state index in [-0.39, 0.29) is 25.4 Å². The molecule has 0 aromatic heterocycles. The Morgan fingerprint density at radius 3 is 2.44 bits per heavy atom. The van der Waals surface area contributed by atoms with Gasteiger partial charge >= 0.3 is 6.09 Å². The summed E-state index contributed by atoms with van der Waals surface area (Å²) in [5.41, 5.74) is 1.94. The van der Waals surface area contributed by atoms with Crippen LogP contribution >= 0.6 is 0 Å². The molecule has 9 heteroatoms. The Morgan fingerprint density at radius 1 is 1.20 bits per heavy atom. The molecule has 1 N–H and O–H groups in total. The Balaban J connectivity index is 2.04. The SMILES string of the molecule is CCOC(=O)NCCS(=O)(=O)N1CCc2cc(OC)c(OC)cc2C1. The van der Waals surface area contributed by atoms with Crippen molar-refractivity contribution in [1.29, 1.82) is 0 Å². The van der Waals surface area contributed by atoms with Crippen LogP contribution in [0.5, 0.6) is 11.5 Å². The van der Waals surface area contributed by atoms with Crippen LogP contribution in [0.3, 0.4) is 0 Å². The van der Waals surface area contributed by atoms with Gasteiger partial charge in [-0.25, -0.2) is 13.2 Å². The zero-order valence-corrected chi connectivity index (χ0v) is 15.5. The Kier molecular flexibility index (Phi) is 6.49. The van der Waals surface area contributed by atoms with Crippen molar-refractivity contribution in [1.82, 2.24) is 9.62 Å². The van der Waals surface area contributed by atoms with Gasteiger partial charge < -0.3 is 19.5 Å². The van der Waals surface area contributed by atoms with Gasteiger partial charge in [0.1, 0.15) is 0 Å². The quantitative estimate of drug-likeness (QED) is 0.771. The molecule has 1 amide bonds. The Hall–Kier alpha value is -2.00. The first-order chi connectivity index (χ1) is 11.9. The molecule has 0 fully saturated rings. The second-order valence-electron chi connectivity index (χ2n) is 5.52. The number of ether oxygens (including phenoxy) is 3. The molecule has 1 aromatic rings. The van der Waals surface area contributed by atoms with Gasteiger partial charge in [-0.05, 0) is 36.6 Å². The molecule has 1 heterocycles. The number of sulfonamides is 1. The van der Waals surface area contributed by atoms with Gasteiger partial charge in [0.15, 0.2) is 11.5 Å². The summed E-state index contributed by atoms with van der Waals surface area (Å²) in [7, 11) is -0.367. The number of methoxy groups -OCH3 is 2. The number of alkyl carbamates (subject to hydrolysis) is 1. The predicted molar refractivity (Wildman–Crippen MR) is 92.5 cm³/mol. The van der Waals surface area contributed by atoms with Crippen molar-refractivity contribution >= 4 is 16.1 Å². The number of benzene rings is 1. The molecule has 0 unspecified atom stereocenters. The van der Waals surface area contributed by atoms with Crippen molar-refractivity contribution in [3.05, 3.63) is 23.3 Å². The number of hydrogen-bond donors (Lipinski definition) is 1. The second kappa shape index (κ2) is 8.39. The number of nitrogens with zero attached hydrogens (tertiary/aromatic N) is 1. The normalized spacial score (nSPS) is 14.5. The first-order valence-corrected chi connectivity index (χ1v) is 9.64. The number of rotatable bonds is 7. The number of fused-ring (bicyclic) bond motifs is 1. The molecule has 0 aliphatic carbocycles. The molecule has 1 aromatic carbocycles. The van der Waals surface area contributed by atoms with Crippen LogP contribution in [0.2, 0.25) is 0 Å². The molecule has 1 aliphatic heterocycles. The minimum Gasteiger partial charge on any atom is -0.493 e. The van der Waals surface area contributed by atoms with Crippen molar-refractivity contribution in [3.63, 3.8) is 0 Å². The lowest BCUT2D eigenvalue weighted by molar-refractivity contribution is 0.153. The van der Waals surface area contributed by atoms with Crippen molar-refractivity contribution in [3.8, 4) is 11.5 Å². The third-order valence-electron chi connectivity index (χ3n) is 3.98. The maximum atomic E-state index is 12.5. The Labute approximate surface area is 148 Å². The monoisotopic (exact) mass is 372 g/mol. The van der Waals surface area contributed by atoms with Crippen LogP contribution in [0.4, 0.5) is 4.79 Å².